The molecule has 30 heavy (non-hydrogen) atoms. The number of rotatable bonds is 3. The van der Waals surface area contributed by atoms with E-state index in [1.165, 1.54) is 12.3 Å². The average Bonchev–Trinajstić information content (AvgIpc) is 3.14. The molecule has 7 nitrogen and oxygen atoms in total. The Balaban J connectivity index is 1.68. The van der Waals surface area contributed by atoms with Crippen molar-refractivity contribution >= 4 is 22.8 Å². The van der Waals surface area contributed by atoms with E-state index >= 15 is 0 Å². The van der Waals surface area contributed by atoms with Crippen LogP contribution in [-0.2, 0) is 4.79 Å². The van der Waals surface area contributed by atoms with Crippen LogP contribution in [0.25, 0.3) is 5.52 Å². The van der Waals surface area contributed by atoms with Crippen LogP contribution >= 0.6 is 0 Å². The summed E-state index contributed by atoms with van der Waals surface area (Å²) < 4.78 is 1.65. The second-order valence-corrected chi connectivity index (χ2v) is 7.45. The number of aliphatic hydroxyl groups is 1. The molecule has 148 valence electrons. The molecule has 7 heteroatoms. The maximum absolute atomic E-state index is 11.4. The molecule has 1 saturated heterocycles. The van der Waals surface area contributed by atoms with Gasteiger partial charge < -0.3 is 15.3 Å². The third kappa shape index (κ3) is 3.75. The van der Waals surface area contributed by atoms with Crippen LogP contribution in [-0.4, -0.2) is 39.3 Å². The van der Waals surface area contributed by atoms with Gasteiger partial charge in [-0.1, -0.05) is 18.4 Å². The molecular formula is C23H19N5O2. The van der Waals surface area contributed by atoms with Crippen LogP contribution in [0.4, 0.5) is 11.4 Å². The van der Waals surface area contributed by atoms with Crippen LogP contribution in [0.3, 0.4) is 0 Å². The highest BCUT2D eigenvalue weighted by molar-refractivity contribution is 5.98. The van der Waals surface area contributed by atoms with Gasteiger partial charge in [0, 0.05) is 24.3 Å². The number of nitriles is 1. The maximum Gasteiger partial charge on any atom is 0.247 e. The molecule has 0 saturated carbocycles. The number of β-amino-alcohol motifs (C(OH)–C–C–N with tert-alkyl or cyclic N) is 1. The van der Waals surface area contributed by atoms with Crippen LogP contribution in [0.15, 0.2) is 55.4 Å². The lowest BCUT2D eigenvalue weighted by Gasteiger charge is -2.45. The van der Waals surface area contributed by atoms with Gasteiger partial charge in [0.05, 0.1) is 40.3 Å². The molecule has 1 amide bonds. The van der Waals surface area contributed by atoms with E-state index in [-0.39, 0.29) is 5.91 Å². The van der Waals surface area contributed by atoms with Crippen molar-refractivity contribution in [1.29, 1.82) is 5.26 Å². The first kappa shape index (κ1) is 19.3. The van der Waals surface area contributed by atoms with E-state index in [0.29, 0.717) is 35.4 Å². The molecule has 1 aromatic carbocycles. The van der Waals surface area contributed by atoms with Crippen LogP contribution < -0.4 is 10.2 Å². The molecule has 0 aliphatic carbocycles. The number of benzene rings is 1. The number of carbonyl (C=O) groups is 1. The van der Waals surface area contributed by atoms with E-state index < -0.39 is 5.60 Å². The molecule has 0 radical (unpaired) electrons. The van der Waals surface area contributed by atoms with Crippen LogP contribution in [0, 0.1) is 23.2 Å². The lowest BCUT2D eigenvalue weighted by atomic mass is 9.96. The fourth-order valence-electron chi connectivity index (χ4n) is 3.39. The summed E-state index contributed by atoms with van der Waals surface area (Å²) in [7, 11) is 0. The Kier molecular flexibility index (Phi) is 4.75. The van der Waals surface area contributed by atoms with Crippen molar-refractivity contribution in [2.45, 2.75) is 12.5 Å². The van der Waals surface area contributed by atoms with Crippen LogP contribution in [0.1, 0.15) is 23.6 Å². The summed E-state index contributed by atoms with van der Waals surface area (Å²) in [5.74, 6) is 5.98. The number of carbonyl (C=O) groups excluding carboxylic acids is 1. The summed E-state index contributed by atoms with van der Waals surface area (Å²) in [6.45, 7) is 6.27. The van der Waals surface area contributed by atoms with E-state index in [1.54, 1.807) is 35.7 Å². The van der Waals surface area contributed by atoms with Gasteiger partial charge in [0.15, 0.2) is 0 Å². The first-order valence-corrected chi connectivity index (χ1v) is 9.33. The number of pyridine rings is 1. The molecule has 4 rings (SSSR count). The van der Waals surface area contributed by atoms with Crippen molar-refractivity contribution in [1.82, 2.24) is 9.61 Å². The predicted octanol–water partition coefficient (Wildman–Crippen LogP) is 2.30. The molecule has 3 aromatic rings. The molecule has 0 bridgehead atoms. The Hall–Kier alpha value is -4.07. The Labute approximate surface area is 173 Å². The minimum absolute atomic E-state index is 0.275. The Morgan fingerprint density at radius 2 is 2.03 bits per heavy atom. The number of hydrogen-bond acceptors (Lipinski definition) is 5. The summed E-state index contributed by atoms with van der Waals surface area (Å²) >= 11 is 0. The van der Waals surface area contributed by atoms with Gasteiger partial charge in [0.1, 0.15) is 6.07 Å². The quantitative estimate of drug-likeness (QED) is 0.523. The number of fused-ring (bicyclic) bond motifs is 1. The van der Waals surface area contributed by atoms with Gasteiger partial charge in [-0.3, -0.25) is 4.79 Å². The van der Waals surface area contributed by atoms with Gasteiger partial charge in [-0.15, -0.1) is 0 Å². The SMILES string of the molecule is C=CC(=O)Nc1ccc(C#Cc2cc(N3CC(C)(O)C3)cn3ncc(C#N)c23)cc1. The number of nitrogens with zero attached hydrogens (tertiary/aromatic N) is 4. The van der Waals surface area contributed by atoms with Gasteiger partial charge in [0.25, 0.3) is 0 Å². The molecule has 1 aliphatic rings. The molecule has 1 fully saturated rings. The van der Waals surface area contributed by atoms with Gasteiger partial charge >= 0.3 is 0 Å². The van der Waals surface area contributed by atoms with Crippen molar-refractivity contribution in [2.24, 2.45) is 0 Å². The third-order valence-electron chi connectivity index (χ3n) is 4.83. The van der Waals surface area contributed by atoms with E-state index in [9.17, 15) is 15.2 Å². The second-order valence-electron chi connectivity index (χ2n) is 7.45. The van der Waals surface area contributed by atoms with Crippen LogP contribution in [0.2, 0.25) is 0 Å². The zero-order chi connectivity index (χ0) is 21.3. The fraction of sp³-hybridized carbons (Fsp3) is 0.174. The van der Waals surface area contributed by atoms with E-state index in [4.69, 9.17) is 0 Å². The van der Waals surface area contributed by atoms with Gasteiger partial charge in [-0.25, -0.2) is 4.52 Å². The smallest absolute Gasteiger partial charge is 0.247 e. The second kappa shape index (κ2) is 7.40. The van der Waals surface area contributed by atoms with Crippen molar-refractivity contribution in [2.75, 3.05) is 23.3 Å². The van der Waals surface area contributed by atoms with Gasteiger partial charge in [0.2, 0.25) is 5.91 Å². The monoisotopic (exact) mass is 397 g/mol. The maximum atomic E-state index is 11.4. The Bertz CT molecular complexity index is 1240. The fourth-order valence-corrected chi connectivity index (χ4v) is 3.39. The largest absolute Gasteiger partial charge is 0.386 e. The Morgan fingerprint density at radius 3 is 2.67 bits per heavy atom. The number of nitrogens with one attached hydrogen (secondary N) is 1. The summed E-state index contributed by atoms with van der Waals surface area (Å²) in [4.78, 5) is 13.4. The first-order valence-electron chi connectivity index (χ1n) is 9.33. The average molecular weight is 397 g/mol. The molecule has 1 aliphatic heterocycles. The summed E-state index contributed by atoms with van der Waals surface area (Å²) in [6.07, 6.45) is 4.57. The zero-order valence-corrected chi connectivity index (χ0v) is 16.4. The first-order chi connectivity index (χ1) is 14.4. The Morgan fingerprint density at radius 1 is 1.30 bits per heavy atom. The lowest BCUT2D eigenvalue weighted by molar-refractivity contribution is -0.111. The van der Waals surface area contributed by atoms with E-state index in [0.717, 1.165) is 11.3 Å². The molecular weight excluding hydrogens is 378 g/mol. The predicted molar refractivity (Wildman–Crippen MR) is 114 cm³/mol. The van der Waals surface area contributed by atoms with Gasteiger partial charge in [-0.05, 0) is 43.3 Å². The summed E-state index contributed by atoms with van der Waals surface area (Å²) in [6, 6.07) is 11.2. The molecule has 2 aromatic heterocycles. The third-order valence-corrected chi connectivity index (χ3v) is 4.83. The normalized spacial score (nSPS) is 14.2. The van der Waals surface area contributed by atoms with Crippen molar-refractivity contribution in [3.05, 3.63) is 72.1 Å². The number of aromatic nitrogens is 2. The summed E-state index contributed by atoms with van der Waals surface area (Å²) in [5.41, 5.74) is 3.37. The molecule has 0 spiro atoms. The van der Waals surface area contributed by atoms with Crippen molar-refractivity contribution in [3.63, 3.8) is 0 Å². The van der Waals surface area contributed by atoms with Gasteiger partial charge in [-0.2, -0.15) is 10.4 Å². The molecule has 3 heterocycles. The minimum atomic E-state index is -0.703. The van der Waals surface area contributed by atoms with Crippen LogP contribution in [0.5, 0.6) is 0 Å². The van der Waals surface area contributed by atoms with Crippen molar-refractivity contribution < 1.29 is 9.90 Å². The minimum Gasteiger partial charge on any atom is -0.386 e. The molecule has 0 atom stereocenters. The zero-order valence-electron chi connectivity index (χ0n) is 16.4. The highest BCUT2D eigenvalue weighted by Crippen LogP contribution is 2.29. The molecule has 2 N–H and O–H groups in total. The molecule has 0 unspecified atom stereocenters. The number of hydrogen-bond donors (Lipinski definition) is 2. The topological polar surface area (TPSA) is 93.7 Å². The van der Waals surface area contributed by atoms with Crippen molar-refractivity contribution in [3.8, 4) is 17.9 Å². The standard InChI is InChI=1S/C23H19N5O2/c1-3-21(29)26-19-8-5-16(6-9-19)4-7-17-10-20(27-14-23(2,30)15-27)13-28-22(17)18(11-24)12-25-28/h3,5-6,8-10,12-13,30H,1,14-15H2,2H3,(H,26,29). The van der Waals surface area contributed by atoms with E-state index in [2.05, 4.69) is 34.9 Å². The highest BCUT2D eigenvalue weighted by Gasteiger charge is 2.37. The summed E-state index contributed by atoms with van der Waals surface area (Å²) in [5, 5.41) is 26.4. The number of amides is 1. The lowest BCUT2D eigenvalue weighted by Crippen LogP contribution is -2.60. The highest BCUT2D eigenvalue weighted by atomic mass is 16.3. The number of anilines is 2. The van der Waals surface area contributed by atoms with E-state index in [1.807, 2.05) is 17.2 Å².